The van der Waals surface area contributed by atoms with E-state index in [-0.39, 0.29) is 24.4 Å². The smallest absolute Gasteiger partial charge is 0.304 e. The Bertz CT molecular complexity index is 759. The standard InChI is InChI=1S/C19H24N4O3/c1-22-16(9-18(24)25)7-8-17(22)11-20-19(26)15-10-21-23(13-15)12-14-5-3-2-4-6-14/h2-6,10,13,16-17H,7-9,11-12H2,1H3,(H,20,26)(H,24,25)/t16-,17+/m1/s1. The first-order valence-electron chi connectivity index (χ1n) is 8.81. The first kappa shape index (κ1) is 18.1. The molecule has 0 aliphatic carbocycles. The largest absolute Gasteiger partial charge is 0.481 e. The number of likely N-dealkylation sites (N-methyl/N-ethyl adjacent to an activating group) is 1. The lowest BCUT2D eigenvalue weighted by atomic mass is 10.1. The van der Waals surface area contributed by atoms with Gasteiger partial charge < -0.3 is 10.4 Å². The van der Waals surface area contributed by atoms with E-state index in [1.54, 1.807) is 17.1 Å². The molecular weight excluding hydrogens is 332 g/mol. The highest BCUT2D eigenvalue weighted by Crippen LogP contribution is 2.24. The van der Waals surface area contributed by atoms with E-state index in [1.165, 1.54) is 0 Å². The molecule has 2 N–H and O–H groups in total. The highest BCUT2D eigenvalue weighted by molar-refractivity contribution is 5.93. The van der Waals surface area contributed by atoms with Gasteiger partial charge in [-0.1, -0.05) is 30.3 Å². The minimum atomic E-state index is -0.780. The number of carboxylic acid groups (broad SMARTS) is 1. The van der Waals surface area contributed by atoms with E-state index in [0.29, 0.717) is 18.7 Å². The van der Waals surface area contributed by atoms with E-state index in [4.69, 9.17) is 5.11 Å². The fraction of sp³-hybridized carbons (Fsp3) is 0.421. The molecule has 0 saturated carbocycles. The van der Waals surface area contributed by atoms with E-state index >= 15 is 0 Å². The average Bonchev–Trinajstić information content (AvgIpc) is 3.21. The van der Waals surface area contributed by atoms with Crippen LogP contribution in [0.15, 0.2) is 42.7 Å². The lowest BCUT2D eigenvalue weighted by molar-refractivity contribution is -0.138. The van der Waals surface area contributed by atoms with Gasteiger partial charge in [0.25, 0.3) is 5.91 Å². The summed E-state index contributed by atoms with van der Waals surface area (Å²) in [5.74, 6) is -0.934. The molecule has 1 aliphatic heterocycles. The molecule has 1 aromatic carbocycles. The van der Waals surface area contributed by atoms with Gasteiger partial charge in [-0.25, -0.2) is 0 Å². The fourth-order valence-electron chi connectivity index (χ4n) is 3.43. The van der Waals surface area contributed by atoms with Crippen molar-refractivity contribution >= 4 is 11.9 Å². The van der Waals surface area contributed by atoms with Crippen molar-refractivity contribution in [3.63, 3.8) is 0 Å². The summed E-state index contributed by atoms with van der Waals surface area (Å²) in [6.45, 7) is 1.13. The van der Waals surface area contributed by atoms with Crippen LogP contribution in [0, 0.1) is 0 Å². The molecule has 1 saturated heterocycles. The highest BCUT2D eigenvalue weighted by Gasteiger charge is 2.31. The number of carbonyl (C=O) groups excluding carboxylic acids is 1. The average molecular weight is 356 g/mol. The second-order valence-electron chi connectivity index (χ2n) is 6.77. The summed E-state index contributed by atoms with van der Waals surface area (Å²) < 4.78 is 1.74. The third kappa shape index (κ3) is 4.49. The van der Waals surface area contributed by atoms with Crippen molar-refractivity contribution in [3.05, 3.63) is 53.9 Å². The zero-order chi connectivity index (χ0) is 18.5. The Kier molecular flexibility index (Phi) is 5.68. The summed E-state index contributed by atoms with van der Waals surface area (Å²) in [7, 11) is 1.93. The molecule has 2 aromatic rings. The third-order valence-corrected chi connectivity index (χ3v) is 4.98. The number of hydrogen-bond donors (Lipinski definition) is 2. The number of nitrogens with zero attached hydrogens (tertiary/aromatic N) is 3. The van der Waals surface area contributed by atoms with Gasteiger partial charge in [0, 0.05) is 24.8 Å². The van der Waals surface area contributed by atoms with Gasteiger partial charge in [0.1, 0.15) is 0 Å². The van der Waals surface area contributed by atoms with Crippen LogP contribution in [0.5, 0.6) is 0 Å². The molecule has 1 aliphatic rings. The van der Waals surface area contributed by atoms with Crippen LogP contribution in [0.3, 0.4) is 0 Å². The van der Waals surface area contributed by atoms with Gasteiger partial charge in [-0.3, -0.25) is 19.2 Å². The van der Waals surface area contributed by atoms with Crippen LogP contribution >= 0.6 is 0 Å². The molecular formula is C19H24N4O3. The molecule has 0 bridgehead atoms. The molecule has 2 atom stereocenters. The van der Waals surface area contributed by atoms with Crippen molar-refractivity contribution in [3.8, 4) is 0 Å². The Labute approximate surface area is 152 Å². The summed E-state index contributed by atoms with van der Waals surface area (Å²) in [6, 6.07) is 10.2. The van der Waals surface area contributed by atoms with Gasteiger partial charge in [-0.15, -0.1) is 0 Å². The maximum atomic E-state index is 12.4. The fourth-order valence-corrected chi connectivity index (χ4v) is 3.43. The molecule has 138 valence electrons. The number of benzene rings is 1. The number of hydrogen-bond acceptors (Lipinski definition) is 4. The lowest BCUT2D eigenvalue weighted by Crippen LogP contribution is -2.41. The maximum Gasteiger partial charge on any atom is 0.304 e. The van der Waals surface area contributed by atoms with Crippen molar-refractivity contribution in [2.45, 2.75) is 37.9 Å². The first-order valence-corrected chi connectivity index (χ1v) is 8.81. The summed E-state index contributed by atoms with van der Waals surface area (Å²) in [5, 5.41) is 16.1. The van der Waals surface area contributed by atoms with E-state index in [9.17, 15) is 9.59 Å². The number of nitrogens with one attached hydrogen (secondary N) is 1. The molecule has 1 amide bonds. The SMILES string of the molecule is CN1[C@@H](CC(=O)O)CC[C@H]1CNC(=O)c1cnn(Cc2ccccc2)c1. The molecule has 7 heteroatoms. The van der Waals surface area contributed by atoms with Crippen LogP contribution in [-0.2, 0) is 11.3 Å². The zero-order valence-electron chi connectivity index (χ0n) is 14.8. The van der Waals surface area contributed by atoms with Crippen LogP contribution in [0.1, 0.15) is 35.2 Å². The molecule has 7 nitrogen and oxygen atoms in total. The highest BCUT2D eigenvalue weighted by atomic mass is 16.4. The second kappa shape index (κ2) is 8.14. The van der Waals surface area contributed by atoms with E-state index < -0.39 is 5.97 Å². The van der Waals surface area contributed by atoms with Crippen LogP contribution in [-0.4, -0.2) is 57.3 Å². The molecule has 0 spiro atoms. The summed E-state index contributed by atoms with van der Waals surface area (Å²) >= 11 is 0. The van der Waals surface area contributed by atoms with Gasteiger partial charge in [-0.05, 0) is 25.5 Å². The summed E-state index contributed by atoms with van der Waals surface area (Å²) in [6.07, 6.45) is 5.20. The van der Waals surface area contributed by atoms with Gasteiger partial charge in [0.05, 0.1) is 24.7 Å². The first-order chi connectivity index (χ1) is 12.5. The quantitative estimate of drug-likeness (QED) is 0.787. The van der Waals surface area contributed by atoms with Gasteiger partial charge in [0.15, 0.2) is 0 Å². The summed E-state index contributed by atoms with van der Waals surface area (Å²) in [5.41, 5.74) is 1.66. The molecule has 3 rings (SSSR count). The number of carbonyl (C=O) groups is 2. The van der Waals surface area contributed by atoms with Gasteiger partial charge in [-0.2, -0.15) is 5.10 Å². The van der Waals surface area contributed by atoms with Crippen molar-refractivity contribution in [2.75, 3.05) is 13.6 Å². The van der Waals surface area contributed by atoms with Crippen molar-refractivity contribution in [1.29, 1.82) is 0 Å². The Morgan fingerprint density at radius 1 is 1.23 bits per heavy atom. The molecule has 1 fully saturated rings. The Morgan fingerprint density at radius 3 is 2.69 bits per heavy atom. The number of carboxylic acids is 1. The molecule has 1 aromatic heterocycles. The lowest BCUT2D eigenvalue weighted by Gasteiger charge is -2.24. The number of aromatic nitrogens is 2. The maximum absolute atomic E-state index is 12.4. The second-order valence-corrected chi connectivity index (χ2v) is 6.77. The predicted octanol–water partition coefficient (Wildman–Crippen LogP) is 1.60. The molecule has 26 heavy (non-hydrogen) atoms. The minimum Gasteiger partial charge on any atom is -0.481 e. The number of rotatable bonds is 7. The third-order valence-electron chi connectivity index (χ3n) is 4.98. The van der Waals surface area contributed by atoms with Crippen molar-refractivity contribution < 1.29 is 14.7 Å². The van der Waals surface area contributed by atoms with E-state index in [1.807, 2.05) is 37.4 Å². The Balaban J connectivity index is 1.50. The van der Waals surface area contributed by atoms with Crippen molar-refractivity contribution in [2.24, 2.45) is 0 Å². The number of amides is 1. The summed E-state index contributed by atoms with van der Waals surface area (Å²) in [4.78, 5) is 25.3. The van der Waals surface area contributed by atoms with E-state index in [0.717, 1.165) is 18.4 Å². The van der Waals surface area contributed by atoms with Crippen LogP contribution in [0.4, 0.5) is 0 Å². The predicted molar refractivity (Wildman–Crippen MR) is 96.9 cm³/mol. The van der Waals surface area contributed by atoms with Crippen LogP contribution in [0.25, 0.3) is 0 Å². The Hall–Kier alpha value is -2.67. The minimum absolute atomic E-state index is 0.0445. The van der Waals surface area contributed by atoms with Gasteiger partial charge in [0.2, 0.25) is 0 Å². The molecule has 2 heterocycles. The zero-order valence-corrected chi connectivity index (χ0v) is 14.8. The number of likely N-dealkylation sites (tertiary alicyclic amines) is 1. The van der Waals surface area contributed by atoms with Crippen LogP contribution < -0.4 is 5.32 Å². The van der Waals surface area contributed by atoms with E-state index in [2.05, 4.69) is 15.3 Å². The van der Waals surface area contributed by atoms with Crippen LogP contribution in [0.2, 0.25) is 0 Å². The normalized spacial score (nSPS) is 20.2. The van der Waals surface area contributed by atoms with Gasteiger partial charge >= 0.3 is 5.97 Å². The topological polar surface area (TPSA) is 87.5 Å². The van der Waals surface area contributed by atoms with Crippen molar-refractivity contribution in [1.82, 2.24) is 20.0 Å². The monoisotopic (exact) mass is 356 g/mol. The molecule has 0 unspecified atom stereocenters. The molecule has 0 radical (unpaired) electrons. The Morgan fingerprint density at radius 2 is 1.96 bits per heavy atom. The number of aliphatic carboxylic acids is 1.